The van der Waals surface area contributed by atoms with Gasteiger partial charge in [-0.05, 0) is 48.5 Å². The Labute approximate surface area is 329 Å². The predicted molar refractivity (Wildman–Crippen MR) is 188 cm³/mol. The van der Waals surface area contributed by atoms with Crippen LogP contribution in [0.25, 0.3) is 45.0 Å². The van der Waals surface area contributed by atoms with Crippen molar-refractivity contribution in [1.29, 1.82) is 10.5 Å². The fourth-order valence-corrected chi connectivity index (χ4v) is 6.42. The number of aromatic nitrogens is 4. The summed E-state index contributed by atoms with van der Waals surface area (Å²) >= 11 is 0. The number of nitrogens with zero attached hydrogens (tertiary/aromatic N) is 7. The smallest absolute Gasteiger partial charge is 0.309 e. The first kappa shape index (κ1) is 40.8. The maximum atomic E-state index is 13.9. The first-order chi connectivity index (χ1) is 28.2. The SMILES string of the molecule is N#CN=C1c2nc(-c3cccc(C(F)(F)F)c3)c(-c3cccc(C(F)(F)F)c3)nc2C(NC#N)c2nc(-c3cccc(C(F)(F)F)c3)c(-c3cccc(C(F)(F)F)c3)nc21. The molecule has 0 saturated heterocycles. The summed E-state index contributed by atoms with van der Waals surface area (Å²) in [5.41, 5.74) is -10.1. The molecule has 1 aliphatic carbocycles. The highest BCUT2D eigenvalue weighted by molar-refractivity contribution is 6.14. The molecule has 2 heterocycles. The lowest BCUT2D eigenvalue weighted by molar-refractivity contribution is -0.138. The lowest BCUT2D eigenvalue weighted by Gasteiger charge is -2.28. The van der Waals surface area contributed by atoms with Crippen LogP contribution in [0.5, 0.6) is 0 Å². The number of nitrogens with one attached hydrogen (secondary N) is 1. The number of hydrogen-bond donors (Lipinski definition) is 1. The van der Waals surface area contributed by atoms with Crippen LogP contribution in [0.15, 0.2) is 102 Å². The standard InChI is InChI=1S/C40H18F12N8/c41-37(42,43)23-9-1-5-19(13-23)27-28(20-6-2-10-24(14-20)38(44,45)46)58-34-32(56-18-54)36-35(31(55-17-53)33(34)57-27)59-29(21-7-3-11-25(15-21)39(47,48)49)30(60-36)22-8-4-12-26(16-22)40(50,51)52/h1-16,31,55H. The van der Waals surface area contributed by atoms with Gasteiger partial charge in [-0.15, -0.1) is 0 Å². The fourth-order valence-electron chi connectivity index (χ4n) is 6.42. The Morgan fingerprint density at radius 1 is 0.450 bits per heavy atom. The second-order valence-electron chi connectivity index (χ2n) is 12.9. The monoisotopic (exact) mass is 838 g/mol. The number of fused-ring (bicyclic) bond motifs is 2. The third-order valence-electron chi connectivity index (χ3n) is 9.07. The van der Waals surface area contributed by atoms with E-state index in [4.69, 9.17) is 0 Å². The van der Waals surface area contributed by atoms with Crippen molar-refractivity contribution in [3.8, 4) is 57.4 Å². The van der Waals surface area contributed by atoms with Crippen molar-refractivity contribution in [2.75, 3.05) is 0 Å². The molecule has 2 aromatic heterocycles. The van der Waals surface area contributed by atoms with Gasteiger partial charge in [0.15, 0.2) is 6.19 Å². The third kappa shape index (κ3) is 7.78. The lowest BCUT2D eigenvalue weighted by atomic mass is 9.90. The zero-order valence-corrected chi connectivity index (χ0v) is 29.5. The number of nitriles is 2. The highest BCUT2D eigenvalue weighted by atomic mass is 19.4. The van der Waals surface area contributed by atoms with Gasteiger partial charge < -0.3 is 5.32 Å². The van der Waals surface area contributed by atoms with Crippen molar-refractivity contribution < 1.29 is 52.7 Å². The van der Waals surface area contributed by atoms with Crippen molar-refractivity contribution in [2.45, 2.75) is 30.7 Å². The molecule has 0 unspecified atom stereocenters. The van der Waals surface area contributed by atoms with Crippen molar-refractivity contribution >= 4 is 5.71 Å². The maximum Gasteiger partial charge on any atom is 0.416 e. The number of hydrogen-bond acceptors (Lipinski definition) is 8. The van der Waals surface area contributed by atoms with Crippen molar-refractivity contribution in [1.82, 2.24) is 25.3 Å². The van der Waals surface area contributed by atoms with E-state index >= 15 is 0 Å². The molecule has 0 fully saturated rings. The Bertz CT molecular complexity index is 2620. The van der Waals surface area contributed by atoms with Gasteiger partial charge in [0.1, 0.15) is 23.1 Å². The van der Waals surface area contributed by atoms with Crippen LogP contribution in [0.1, 0.15) is 51.1 Å². The Kier molecular flexibility index (Phi) is 10.1. The lowest BCUT2D eigenvalue weighted by Crippen LogP contribution is -2.32. The highest BCUT2D eigenvalue weighted by Gasteiger charge is 2.40. The van der Waals surface area contributed by atoms with Crippen molar-refractivity contribution in [3.63, 3.8) is 0 Å². The Hall–Kier alpha value is -7.35. The number of halogens is 12. The maximum absolute atomic E-state index is 13.9. The van der Waals surface area contributed by atoms with Crippen molar-refractivity contribution in [3.05, 3.63) is 142 Å². The molecular weight excluding hydrogens is 820 g/mol. The normalized spacial score (nSPS) is 14.1. The van der Waals surface area contributed by atoms with Crippen LogP contribution in [0, 0.1) is 22.9 Å². The topological polar surface area (TPSA) is 124 Å². The zero-order valence-electron chi connectivity index (χ0n) is 29.5. The number of rotatable bonds is 5. The van der Waals surface area contributed by atoms with E-state index in [0.29, 0.717) is 24.3 Å². The Balaban J connectivity index is 1.58. The van der Waals surface area contributed by atoms with Gasteiger partial charge >= 0.3 is 24.7 Å². The summed E-state index contributed by atoms with van der Waals surface area (Å²) in [6, 6.07) is 12.4. The molecule has 20 heteroatoms. The van der Waals surface area contributed by atoms with Gasteiger partial charge in [0.25, 0.3) is 0 Å². The highest BCUT2D eigenvalue weighted by Crippen LogP contribution is 2.43. The van der Waals surface area contributed by atoms with Crippen LogP contribution in [-0.2, 0) is 24.7 Å². The van der Waals surface area contributed by atoms with Crippen LogP contribution in [0.3, 0.4) is 0 Å². The molecule has 7 rings (SSSR count). The molecule has 0 bridgehead atoms. The van der Waals surface area contributed by atoms with Crippen LogP contribution in [0.2, 0.25) is 0 Å². The van der Waals surface area contributed by atoms with Gasteiger partial charge in [-0.2, -0.15) is 68.2 Å². The van der Waals surface area contributed by atoms with Crippen LogP contribution in [-0.4, -0.2) is 25.6 Å². The van der Waals surface area contributed by atoms with Crippen molar-refractivity contribution in [2.24, 2.45) is 4.99 Å². The van der Waals surface area contributed by atoms with Gasteiger partial charge in [0.2, 0.25) is 6.19 Å². The first-order valence-corrected chi connectivity index (χ1v) is 16.9. The summed E-state index contributed by atoms with van der Waals surface area (Å²) in [5, 5.41) is 22.2. The molecule has 60 heavy (non-hydrogen) atoms. The van der Waals surface area contributed by atoms with E-state index in [2.05, 4.69) is 30.2 Å². The van der Waals surface area contributed by atoms with E-state index in [0.717, 1.165) is 72.8 Å². The minimum atomic E-state index is -4.91. The van der Waals surface area contributed by atoms with E-state index in [9.17, 15) is 63.2 Å². The molecule has 302 valence electrons. The Morgan fingerprint density at radius 3 is 1.02 bits per heavy atom. The molecule has 1 aliphatic rings. The van der Waals surface area contributed by atoms with Gasteiger partial charge in [-0.25, -0.2) is 19.9 Å². The summed E-state index contributed by atoms with van der Waals surface area (Å²) in [6.07, 6.45) is -16.5. The number of benzene rings is 4. The zero-order chi connectivity index (χ0) is 43.4. The van der Waals surface area contributed by atoms with Gasteiger partial charge in [0, 0.05) is 22.3 Å². The molecule has 8 nitrogen and oxygen atoms in total. The summed E-state index contributed by atoms with van der Waals surface area (Å²) in [5.74, 6) is 0. The second-order valence-corrected chi connectivity index (χ2v) is 12.9. The molecule has 0 aliphatic heterocycles. The molecule has 0 amide bonds. The molecule has 0 atom stereocenters. The van der Waals surface area contributed by atoms with Gasteiger partial charge in [-0.1, -0.05) is 48.5 Å². The number of aliphatic imine (C=N–C) groups is 1. The van der Waals surface area contributed by atoms with E-state index < -0.39 is 104 Å². The fraction of sp³-hybridized carbons (Fsp3) is 0.125. The predicted octanol–water partition coefficient (Wildman–Crippen LogP) is 10.8. The molecule has 0 radical (unpaired) electrons. The van der Waals surface area contributed by atoms with Gasteiger partial charge in [0.05, 0.1) is 56.4 Å². The largest absolute Gasteiger partial charge is 0.416 e. The quantitative estimate of drug-likeness (QED) is 0.104. The second kappa shape index (κ2) is 14.8. The van der Waals surface area contributed by atoms with Crippen LogP contribution in [0.4, 0.5) is 52.7 Å². The third-order valence-corrected chi connectivity index (χ3v) is 9.07. The summed E-state index contributed by atoms with van der Waals surface area (Å²) < 4.78 is 167. The number of alkyl halides is 12. The average Bonchev–Trinajstić information content (AvgIpc) is 3.20. The molecule has 0 spiro atoms. The Morgan fingerprint density at radius 2 is 0.750 bits per heavy atom. The minimum absolute atomic E-state index is 0.316. The van der Waals surface area contributed by atoms with Gasteiger partial charge in [-0.3, -0.25) is 0 Å². The van der Waals surface area contributed by atoms with E-state index in [1.165, 1.54) is 6.19 Å². The molecule has 6 aromatic rings. The average molecular weight is 839 g/mol. The van der Waals surface area contributed by atoms with E-state index in [-0.39, 0.29) is 22.3 Å². The first-order valence-electron chi connectivity index (χ1n) is 16.9. The minimum Gasteiger partial charge on any atom is -0.309 e. The van der Waals surface area contributed by atoms with Crippen LogP contribution >= 0.6 is 0 Å². The summed E-state index contributed by atoms with van der Waals surface area (Å²) in [4.78, 5) is 21.8. The molecule has 0 saturated carbocycles. The van der Waals surface area contributed by atoms with E-state index in [1.807, 2.05) is 0 Å². The summed E-state index contributed by atoms with van der Waals surface area (Å²) in [7, 11) is 0. The molecule has 4 aromatic carbocycles. The molecule has 1 N–H and O–H groups in total. The van der Waals surface area contributed by atoms with E-state index in [1.54, 1.807) is 6.19 Å². The van der Waals surface area contributed by atoms with Crippen LogP contribution < -0.4 is 5.32 Å². The molecular formula is C40H18F12N8. The summed E-state index contributed by atoms with van der Waals surface area (Å²) in [6.45, 7) is 0.